The highest BCUT2D eigenvalue weighted by Crippen LogP contribution is 2.30. The zero-order valence-electron chi connectivity index (χ0n) is 17.2. The van der Waals surface area contributed by atoms with Crippen LogP contribution in [0.25, 0.3) is 10.9 Å². The molecule has 1 aromatic heterocycles. The number of benzene rings is 2. The second-order valence-electron chi connectivity index (χ2n) is 7.38. The highest BCUT2D eigenvalue weighted by Gasteiger charge is 2.27. The molecule has 1 amide bonds. The Balaban J connectivity index is 1.46. The van der Waals surface area contributed by atoms with Gasteiger partial charge in [-0.2, -0.15) is 0 Å². The Morgan fingerprint density at radius 1 is 0.966 bits per heavy atom. The van der Waals surface area contributed by atoms with E-state index < -0.39 is 0 Å². The number of nitrogens with one attached hydrogen (secondary N) is 1. The van der Waals surface area contributed by atoms with E-state index in [2.05, 4.69) is 41.1 Å². The molecule has 0 spiro atoms. The summed E-state index contributed by atoms with van der Waals surface area (Å²) in [6.07, 6.45) is 0. The first-order chi connectivity index (χ1) is 14.1. The van der Waals surface area contributed by atoms with Crippen molar-refractivity contribution >= 4 is 16.8 Å². The van der Waals surface area contributed by atoms with Crippen LogP contribution in [0.2, 0.25) is 0 Å². The van der Waals surface area contributed by atoms with Gasteiger partial charge in [0.25, 0.3) is 5.91 Å². The van der Waals surface area contributed by atoms with Crippen molar-refractivity contribution < 1.29 is 14.3 Å². The number of H-pyrrole nitrogens is 1. The molecule has 6 heteroatoms. The number of ether oxygens (including phenoxy) is 2. The number of para-hydroxylation sites is 1. The number of hydrogen-bond acceptors (Lipinski definition) is 4. The van der Waals surface area contributed by atoms with Crippen molar-refractivity contribution in [2.45, 2.75) is 13.5 Å². The first-order valence-corrected chi connectivity index (χ1v) is 9.91. The van der Waals surface area contributed by atoms with Gasteiger partial charge in [0.2, 0.25) is 0 Å². The molecule has 1 aliphatic rings. The zero-order valence-corrected chi connectivity index (χ0v) is 17.2. The smallest absolute Gasteiger partial charge is 0.261 e. The average molecular weight is 393 g/mol. The predicted molar refractivity (Wildman–Crippen MR) is 114 cm³/mol. The number of piperazine rings is 1. The van der Waals surface area contributed by atoms with Crippen LogP contribution >= 0.6 is 0 Å². The Labute approximate surface area is 171 Å². The molecule has 0 saturated carbocycles. The van der Waals surface area contributed by atoms with Gasteiger partial charge in [-0.05, 0) is 30.7 Å². The fourth-order valence-electron chi connectivity index (χ4n) is 4.09. The number of amides is 1. The first-order valence-electron chi connectivity index (χ1n) is 9.91. The van der Waals surface area contributed by atoms with E-state index in [9.17, 15) is 4.79 Å². The lowest BCUT2D eigenvalue weighted by Crippen LogP contribution is -2.48. The molecule has 1 aliphatic heterocycles. The molecule has 1 fully saturated rings. The maximum absolute atomic E-state index is 13.2. The van der Waals surface area contributed by atoms with Crippen molar-refractivity contribution in [1.82, 2.24) is 14.8 Å². The van der Waals surface area contributed by atoms with E-state index >= 15 is 0 Å². The fourth-order valence-corrected chi connectivity index (χ4v) is 4.09. The summed E-state index contributed by atoms with van der Waals surface area (Å²) in [5, 5.41) is 1.28. The number of aryl methyl sites for hydroxylation is 1. The van der Waals surface area contributed by atoms with Crippen molar-refractivity contribution in [1.29, 1.82) is 0 Å². The monoisotopic (exact) mass is 393 g/mol. The molecule has 1 N–H and O–H groups in total. The lowest BCUT2D eigenvalue weighted by Gasteiger charge is -2.35. The SMILES string of the molecule is COc1cccc(OC)c1C(=O)N1CCN(Cc2c(C)[nH]c3ccccc23)CC1. The Kier molecular flexibility index (Phi) is 5.45. The molecule has 4 rings (SSSR count). The number of methoxy groups -OCH3 is 2. The number of nitrogens with zero attached hydrogens (tertiary/aromatic N) is 2. The molecule has 29 heavy (non-hydrogen) atoms. The van der Waals surface area contributed by atoms with Gasteiger partial charge in [-0.1, -0.05) is 24.3 Å². The average Bonchev–Trinajstić information content (AvgIpc) is 3.08. The standard InChI is InChI=1S/C23H27N3O3/c1-16-18(17-7-4-5-8-19(17)24-16)15-25-11-13-26(14-12-25)23(27)22-20(28-2)9-6-10-21(22)29-3/h4-10,24H,11-15H2,1-3H3. The molecule has 1 saturated heterocycles. The topological polar surface area (TPSA) is 57.8 Å². The number of carbonyl (C=O) groups is 1. The molecule has 2 aromatic carbocycles. The summed E-state index contributed by atoms with van der Waals surface area (Å²) in [4.78, 5) is 20.9. The highest BCUT2D eigenvalue weighted by molar-refractivity contribution is 5.99. The molecule has 0 bridgehead atoms. The van der Waals surface area contributed by atoms with Gasteiger partial charge in [0.1, 0.15) is 17.1 Å². The van der Waals surface area contributed by atoms with E-state index in [4.69, 9.17) is 9.47 Å². The van der Waals surface area contributed by atoms with E-state index in [0.717, 1.165) is 19.6 Å². The minimum absolute atomic E-state index is 0.0396. The maximum atomic E-state index is 13.2. The molecule has 2 heterocycles. The molecule has 0 unspecified atom stereocenters. The summed E-state index contributed by atoms with van der Waals surface area (Å²) in [5.41, 5.74) is 4.23. The van der Waals surface area contributed by atoms with E-state index in [1.165, 1.54) is 22.2 Å². The van der Waals surface area contributed by atoms with Crippen LogP contribution < -0.4 is 9.47 Å². The summed E-state index contributed by atoms with van der Waals surface area (Å²) >= 11 is 0. The van der Waals surface area contributed by atoms with Gasteiger partial charge in [-0.25, -0.2) is 0 Å². The lowest BCUT2D eigenvalue weighted by molar-refractivity contribution is 0.0622. The highest BCUT2D eigenvalue weighted by atomic mass is 16.5. The maximum Gasteiger partial charge on any atom is 0.261 e. The molecule has 3 aromatic rings. The summed E-state index contributed by atoms with van der Waals surface area (Å²) in [7, 11) is 3.15. The summed E-state index contributed by atoms with van der Waals surface area (Å²) in [5.74, 6) is 1.06. The van der Waals surface area contributed by atoms with Crippen LogP contribution in [-0.4, -0.2) is 61.1 Å². The largest absolute Gasteiger partial charge is 0.496 e. The van der Waals surface area contributed by atoms with Crippen LogP contribution in [0.15, 0.2) is 42.5 Å². The van der Waals surface area contributed by atoms with Gasteiger partial charge in [0.15, 0.2) is 0 Å². The number of aromatic nitrogens is 1. The minimum atomic E-state index is -0.0396. The third kappa shape index (κ3) is 3.68. The fraction of sp³-hybridized carbons (Fsp3) is 0.348. The molecule has 0 aliphatic carbocycles. The van der Waals surface area contributed by atoms with Gasteiger partial charge in [-0.15, -0.1) is 0 Å². The van der Waals surface area contributed by atoms with Gasteiger partial charge < -0.3 is 19.4 Å². The van der Waals surface area contributed by atoms with Crippen molar-refractivity contribution in [3.63, 3.8) is 0 Å². The Hall–Kier alpha value is -2.99. The van der Waals surface area contributed by atoms with Crippen LogP contribution in [0.1, 0.15) is 21.6 Å². The number of carbonyl (C=O) groups excluding carboxylic acids is 1. The van der Waals surface area contributed by atoms with E-state index in [1.807, 2.05) is 11.0 Å². The van der Waals surface area contributed by atoms with E-state index in [-0.39, 0.29) is 5.91 Å². The number of rotatable bonds is 5. The van der Waals surface area contributed by atoms with Crippen molar-refractivity contribution in [2.75, 3.05) is 40.4 Å². The summed E-state index contributed by atoms with van der Waals surface area (Å²) < 4.78 is 10.8. The number of hydrogen-bond donors (Lipinski definition) is 1. The number of fused-ring (bicyclic) bond motifs is 1. The van der Waals surface area contributed by atoms with Gasteiger partial charge in [-0.3, -0.25) is 9.69 Å². The van der Waals surface area contributed by atoms with E-state index in [1.54, 1.807) is 26.4 Å². The third-order valence-corrected chi connectivity index (χ3v) is 5.71. The van der Waals surface area contributed by atoms with Crippen molar-refractivity contribution in [3.8, 4) is 11.5 Å². The summed E-state index contributed by atoms with van der Waals surface area (Å²) in [6, 6.07) is 13.8. The van der Waals surface area contributed by atoms with Crippen LogP contribution in [0.4, 0.5) is 0 Å². The Morgan fingerprint density at radius 3 is 2.28 bits per heavy atom. The molecule has 152 valence electrons. The number of aromatic amines is 1. The Morgan fingerprint density at radius 2 is 1.62 bits per heavy atom. The van der Waals surface area contributed by atoms with Gasteiger partial charge in [0.05, 0.1) is 14.2 Å². The van der Waals surface area contributed by atoms with Crippen LogP contribution in [0.3, 0.4) is 0 Å². The van der Waals surface area contributed by atoms with E-state index in [0.29, 0.717) is 30.2 Å². The van der Waals surface area contributed by atoms with Crippen LogP contribution in [0.5, 0.6) is 11.5 Å². The van der Waals surface area contributed by atoms with Crippen molar-refractivity contribution in [2.24, 2.45) is 0 Å². The van der Waals surface area contributed by atoms with Gasteiger partial charge in [0, 0.05) is 49.3 Å². The first kappa shape index (κ1) is 19.3. The predicted octanol–water partition coefficient (Wildman–Crippen LogP) is 3.45. The molecular formula is C23H27N3O3. The van der Waals surface area contributed by atoms with Gasteiger partial charge >= 0.3 is 0 Å². The molecule has 0 radical (unpaired) electrons. The normalized spacial score (nSPS) is 14.9. The summed E-state index contributed by atoms with van der Waals surface area (Å²) in [6.45, 7) is 6.05. The lowest BCUT2D eigenvalue weighted by atomic mass is 10.1. The third-order valence-electron chi connectivity index (χ3n) is 5.71. The Bertz CT molecular complexity index is 997. The van der Waals surface area contributed by atoms with Crippen LogP contribution in [0, 0.1) is 6.92 Å². The molecular weight excluding hydrogens is 366 g/mol. The zero-order chi connectivity index (χ0) is 20.4. The second kappa shape index (κ2) is 8.17. The quantitative estimate of drug-likeness (QED) is 0.721. The second-order valence-corrected chi connectivity index (χ2v) is 7.38. The molecule has 6 nitrogen and oxygen atoms in total. The van der Waals surface area contributed by atoms with Crippen LogP contribution in [-0.2, 0) is 6.54 Å². The minimum Gasteiger partial charge on any atom is -0.496 e. The molecule has 0 atom stereocenters. The van der Waals surface area contributed by atoms with Crippen molar-refractivity contribution in [3.05, 3.63) is 59.3 Å².